The van der Waals surface area contributed by atoms with Crippen molar-refractivity contribution in [2.45, 2.75) is 31.8 Å². The van der Waals surface area contributed by atoms with Crippen molar-refractivity contribution < 1.29 is 23.1 Å². The van der Waals surface area contributed by atoms with Crippen LogP contribution in [0.5, 0.6) is 0 Å². The number of carboxylic acid groups (broad SMARTS) is 1. The molecule has 0 radical (unpaired) electrons. The van der Waals surface area contributed by atoms with Crippen LogP contribution in [0.15, 0.2) is 12.1 Å². The molecule has 2 saturated carbocycles. The van der Waals surface area contributed by atoms with E-state index in [0.29, 0.717) is 6.07 Å². The third-order valence-corrected chi connectivity index (χ3v) is 4.82. The Morgan fingerprint density at radius 1 is 1.14 bits per heavy atom. The molecule has 2 aliphatic carbocycles. The van der Waals surface area contributed by atoms with Gasteiger partial charge in [0.25, 0.3) is 0 Å². The molecule has 0 spiro atoms. The van der Waals surface area contributed by atoms with E-state index >= 15 is 0 Å². The maximum absolute atomic E-state index is 13.6. The Labute approximate surface area is 120 Å². The van der Waals surface area contributed by atoms with Gasteiger partial charge in [-0.05, 0) is 37.2 Å². The number of carbonyl (C=O) groups is 1. The van der Waals surface area contributed by atoms with E-state index < -0.39 is 29.3 Å². The zero-order chi connectivity index (χ0) is 15.1. The fraction of sp³-hybridized carbons (Fsp3) is 0.533. The molecule has 2 aliphatic rings. The largest absolute Gasteiger partial charge is 0.481 e. The van der Waals surface area contributed by atoms with Gasteiger partial charge in [-0.2, -0.15) is 0 Å². The zero-order valence-corrected chi connectivity index (χ0v) is 11.3. The van der Waals surface area contributed by atoms with Crippen molar-refractivity contribution in [2.24, 2.45) is 17.8 Å². The predicted molar refractivity (Wildman–Crippen MR) is 68.9 cm³/mol. The van der Waals surface area contributed by atoms with Crippen LogP contribution >= 0.6 is 0 Å². The number of nitrogens with one attached hydrogen (secondary N) is 1. The van der Waals surface area contributed by atoms with Crippen molar-refractivity contribution in [3.05, 3.63) is 35.1 Å². The zero-order valence-electron chi connectivity index (χ0n) is 11.3. The summed E-state index contributed by atoms with van der Waals surface area (Å²) in [6.45, 7) is 0.000694. The molecule has 2 N–H and O–H groups in total. The minimum atomic E-state index is -1.22. The summed E-state index contributed by atoms with van der Waals surface area (Å²) in [6.07, 6.45) is 2.75. The molecule has 3 rings (SSSR count). The minimum Gasteiger partial charge on any atom is -0.481 e. The summed E-state index contributed by atoms with van der Waals surface area (Å²) in [5.41, 5.74) is 0.0146. The van der Waals surface area contributed by atoms with Gasteiger partial charge in [-0.15, -0.1) is 0 Å². The maximum Gasteiger partial charge on any atom is 0.308 e. The van der Waals surface area contributed by atoms with E-state index in [0.717, 1.165) is 25.3 Å². The highest BCUT2D eigenvalue weighted by Gasteiger charge is 2.50. The predicted octanol–water partition coefficient (Wildman–Crippen LogP) is 2.69. The van der Waals surface area contributed by atoms with Gasteiger partial charge in [0.15, 0.2) is 11.6 Å². The average molecular weight is 299 g/mol. The summed E-state index contributed by atoms with van der Waals surface area (Å²) in [7, 11) is 0. The highest BCUT2D eigenvalue weighted by Crippen LogP contribution is 2.48. The lowest BCUT2D eigenvalue weighted by Crippen LogP contribution is -2.43. The molecule has 0 saturated heterocycles. The van der Waals surface area contributed by atoms with Gasteiger partial charge in [0.1, 0.15) is 5.82 Å². The molecule has 4 atom stereocenters. The Morgan fingerprint density at radius 3 is 2.52 bits per heavy atom. The van der Waals surface area contributed by atoms with Crippen molar-refractivity contribution >= 4 is 5.97 Å². The number of carboxylic acids is 1. The molecule has 3 nitrogen and oxygen atoms in total. The van der Waals surface area contributed by atoms with Crippen molar-refractivity contribution in [1.82, 2.24) is 5.32 Å². The first kappa shape index (κ1) is 14.4. The fourth-order valence-electron chi connectivity index (χ4n) is 3.87. The summed E-state index contributed by atoms with van der Waals surface area (Å²) < 4.78 is 39.6. The monoisotopic (exact) mass is 299 g/mol. The van der Waals surface area contributed by atoms with E-state index in [9.17, 15) is 23.1 Å². The van der Waals surface area contributed by atoms with Crippen LogP contribution in [0.2, 0.25) is 0 Å². The molecular formula is C15H16F3NO2. The topological polar surface area (TPSA) is 49.3 Å². The van der Waals surface area contributed by atoms with Crippen LogP contribution < -0.4 is 5.32 Å². The standard InChI is InChI=1S/C15H16F3NO2/c16-10-5-12(18)11(17)4-9(10)6-19-14-8-2-1-7(3-8)13(14)15(20)21/h4-5,7-8,13-14,19H,1-3,6H2,(H,20,21). The quantitative estimate of drug-likeness (QED) is 0.840. The van der Waals surface area contributed by atoms with Crippen LogP contribution in [-0.4, -0.2) is 17.1 Å². The van der Waals surface area contributed by atoms with Crippen molar-refractivity contribution in [2.75, 3.05) is 0 Å². The molecule has 114 valence electrons. The Hall–Kier alpha value is -1.56. The summed E-state index contributed by atoms with van der Waals surface area (Å²) in [5.74, 6) is -4.03. The molecule has 2 fully saturated rings. The van der Waals surface area contributed by atoms with Gasteiger partial charge in [0.05, 0.1) is 5.92 Å². The first-order chi connectivity index (χ1) is 9.97. The number of rotatable bonds is 4. The van der Waals surface area contributed by atoms with Crippen LogP contribution in [0.3, 0.4) is 0 Å². The molecule has 6 heteroatoms. The lowest BCUT2D eigenvalue weighted by atomic mass is 9.84. The average Bonchev–Trinajstić information content (AvgIpc) is 3.01. The Balaban J connectivity index is 1.73. The molecule has 2 bridgehead atoms. The lowest BCUT2D eigenvalue weighted by Gasteiger charge is -2.29. The number of hydrogen-bond donors (Lipinski definition) is 2. The minimum absolute atomic E-state index is 0.000694. The van der Waals surface area contributed by atoms with Crippen LogP contribution in [0, 0.1) is 35.2 Å². The molecule has 0 aromatic heterocycles. The van der Waals surface area contributed by atoms with Crippen LogP contribution in [0.1, 0.15) is 24.8 Å². The number of aliphatic carboxylic acids is 1. The molecule has 21 heavy (non-hydrogen) atoms. The maximum atomic E-state index is 13.6. The number of halogens is 3. The molecule has 1 aromatic rings. The third kappa shape index (κ3) is 2.52. The molecular weight excluding hydrogens is 283 g/mol. The third-order valence-electron chi connectivity index (χ3n) is 4.82. The van der Waals surface area contributed by atoms with Gasteiger partial charge >= 0.3 is 5.97 Å². The first-order valence-corrected chi connectivity index (χ1v) is 7.07. The van der Waals surface area contributed by atoms with Gasteiger partial charge in [0.2, 0.25) is 0 Å². The van der Waals surface area contributed by atoms with Gasteiger partial charge in [-0.25, -0.2) is 13.2 Å². The second-order valence-corrected chi connectivity index (χ2v) is 5.96. The smallest absolute Gasteiger partial charge is 0.308 e. The van der Waals surface area contributed by atoms with E-state index in [4.69, 9.17) is 0 Å². The second kappa shape index (κ2) is 5.33. The number of benzene rings is 1. The molecule has 0 aliphatic heterocycles. The van der Waals surface area contributed by atoms with Crippen molar-refractivity contribution in [3.63, 3.8) is 0 Å². The van der Waals surface area contributed by atoms with E-state index in [1.165, 1.54) is 0 Å². The van der Waals surface area contributed by atoms with Crippen LogP contribution in [0.25, 0.3) is 0 Å². The van der Waals surface area contributed by atoms with E-state index in [1.54, 1.807) is 0 Å². The van der Waals surface area contributed by atoms with Crippen LogP contribution in [0.4, 0.5) is 13.2 Å². The van der Waals surface area contributed by atoms with E-state index in [2.05, 4.69) is 5.32 Å². The summed E-state index contributed by atoms with van der Waals surface area (Å²) >= 11 is 0. The highest BCUT2D eigenvalue weighted by atomic mass is 19.2. The van der Waals surface area contributed by atoms with Gasteiger partial charge in [-0.1, -0.05) is 0 Å². The molecule has 0 heterocycles. The van der Waals surface area contributed by atoms with Gasteiger partial charge in [0, 0.05) is 24.2 Å². The van der Waals surface area contributed by atoms with E-state index in [-0.39, 0.29) is 30.0 Å². The summed E-state index contributed by atoms with van der Waals surface area (Å²) in [5, 5.41) is 12.4. The SMILES string of the molecule is O=C(O)C1C2CCC(C2)C1NCc1cc(F)c(F)cc1F. The molecule has 1 aromatic carbocycles. The summed E-state index contributed by atoms with van der Waals surface area (Å²) in [4.78, 5) is 11.4. The Kier molecular flexibility index (Phi) is 3.65. The lowest BCUT2D eigenvalue weighted by molar-refractivity contribution is -0.144. The van der Waals surface area contributed by atoms with Crippen molar-refractivity contribution in [3.8, 4) is 0 Å². The van der Waals surface area contributed by atoms with E-state index in [1.807, 2.05) is 0 Å². The molecule has 0 amide bonds. The Morgan fingerprint density at radius 2 is 1.81 bits per heavy atom. The normalized spacial score (nSPS) is 30.8. The fourth-order valence-corrected chi connectivity index (χ4v) is 3.87. The Bertz CT molecular complexity index is 578. The van der Waals surface area contributed by atoms with Gasteiger partial charge < -0.3 is 10.4 Å². The van der Waals surface area contributed by atoms with Crippen molar-refractivity contribution in [1.29, 1.82) is 0 Å². The second-order valence-electron chi connectivity index (χ2n) is 5.96. The first-order valence-electron chi connectivity index (χ1n) is 7.07. The number of fused-ring (bicyclic) bond motifs is 2. The number of hydrogen-bond acceptors (Lipinski definition) is 2. The summed E-state index contributed by atoms with van der Waals surface area (Å²) in [6, 6.07) is 1.11. The highest BCUT2D eigenvalue weighted by molar-refractivity contribution is 5.72. The van der Waals surface area contributed by atoms with Gasteiger partial charge in [-0.3, -0.25) is 4.79 Å². The van der Waals surface area contributed by atoms with Crippen LogP contribution in [-0.2, 0) is 11.3 Å². The molecule has 4 unspecified atom stereocenters.